The van der Waals surface area contributed by atoms with Gasteiger partial charge in [-0.1, -0.05) is 36.8 Å². The van der Waals surface area contributed by atoms with Gasteiger partial charge in [0.1, 0.15) is 6.26 Å². The highest BCUT2D eigenvalue weighted by molar-refractivity contribution is 5.20. The van der Waals surface area contributed by atoms with Crippen molar-refractivity contribution in [1.29, 1.82) is 0 Å². The molecule has 1 aliphatic carbocycles. The monoisotopic (exact) mass is 412 g/mol. The fraction of sp³-hybridized carbons (Fsp3) is 0.680. The fourth-order valence-corrected chi connectivity index (χ4v) is 5.65. The average Bonchev–Trinajstić information content (AvgIpc) is 3.18. The maximum Gasteiger partial charge on any atom is 0.229 e. The lowest BCUT2D eigenvalue weighted by Gasteiger charge is -2.29. The molecule has 5 heteroatoms. The first kappa shape index (κ1) is 20.3. The van der Waals surface area contributed by atoms with E-state index in [0.29, 0.717) is 6.79 Å². The van der Waals surface area contributed by atoms with E-state index >= 15 is 0 Å². The molecule has 5 nitrogen and oxygen atoms in total. The van der Waals surface area contributed by atoms with Crippen LogP contribution in [0, 0.1) is 17.8 Å². The minimum atomic E-state index is 0.286. The number of ether oxygens (including phenoxy) is 3. The summed E-state index contributed by atoms with van der Waals surface area (Å²) in [4.78, 5) is 5.21. The third-order valence-electron chi connectivity index (χ3n) is 7.46. The van der Waals surface area contributed by atoms with Gasteiger partial charge in [0.2, 0.25) is 6.79 Å². The lowest BCUT2D eigenvalue weighted by atomic mass is 10.0. The quantitative estimate of drug-likeness (QED) is 0.550. The molecule has 0 aromatic heterocycles. The summed E-state index contributed by atoms with van der Waals surface area (Å²) in [7, 11) is 0. The number of piperidine rings is 2. The molecule has 0 amide bonds. The molecule has 164 valence electrons. The lowest BCUT2D eigenvalue weighted by Crippen LogP contribution is -2.39. The third kappa shape index (κ3) is 4.84. The Morgan fingerprint density at radius 1 is 1.03 bits per heavy atom. The van der Waals surface area contributed by atoms with E-state index < -0.39 is 0 Å². The highest BCUT2D eigenvalue weighted by Crippen LogP contribution is 2.52. The van der Waals surface area contributed by atoms with Crippen LogP contribution in [0.15, 0.2) is 42.4 Å². The van der Waals surface area contributed by atoms with Crippen LogP contribution in [0.2, 0.25) is 0 Å². The van der Waals surface area contributed by atoms with E-state index in [1.54, 1.807) is 0 Å². The summed E-state index contributed by atoms with van der Waals surface area (Å²) in [6.07, 6.45) is 8.15. The summed E-state index contributed by atoms with van der Waals surface area (Å²) in [5, 5.41) is 0. The highest BCUT2D eigenvalue weighted by atomic mass is 16.7. The van der Waals surface area contributed by atoms with Gasteiger partial charge in [0.25, 0.3) is 0 Å². The predicted octanol–water partition coefficient (Wildman–Crippen LogP) is 3.51. The van der Waals surface area contributed by atoms with E-state index in [1.807, 2.05) is 6.26 Å². The fourth-order valence-electron chi connectivity index (χ4n) is 5.65. The molecule has 1 aromatic carbocycles. The smallest absolute Gasteiger partial charge is 0.229 e. The molecular formula is C25H36N2O3. The van der Waals surface area contributed by atoms with Gasteiger partial charge in [-0.15, -0.1) is 0 Å². The molecule has 30 heavy (non-hydrogen) atoms. The van der Waals surface area contributed by atoms with Crippen LogP contribution in [-0.2, 0) is 20.6 Å². The maximum absolute atomic E-state index is 6.07. The van der Waals surface area contributed by atoms with Crippen LogP contribution in [-0.4, -0.2) is 68.6 Å². The molecule has 3 fully saturated rings. The molecule has 0 bridgehead atoms. The summed E-state index contributed by atoms with van der Waals surface area (Å²) in [5.41, 5.74) is 1.35. The normalized spacial score (nSPS) is 29.7. The Labute approximate surface area is 181 Å². The zero-order valence-electron chi connectivity index (χ0n) is 18.1. The van der Waals surface area contributed by atoms with Gasteiger partial charge in [-0.3, -0.25) is 4.90 Å². The van der Waals surface area contributed by atoms with Crippen LogP contribution in [0.4, 0.5) is 0 Å². The number of hydrogen-bond acceptors (Lipinski definition) is 5. The van der Waals surface area contributed by atoms with E-state index in [4.69, 9.17) is 14.2 Å². The molecule has 4 aliphatic rings. The van der Waals surface area contributed by atoms with Crippen molar-refractivity contribution >= 4 is 0 Å². The standard InChI is InChI=1S/C25H36N2O3/c1-3-8-20(9-4-1)14-24(25-18-29-19-30-25)27-15-21-22(16-27)23(21)17-28-13-7-12-26-10-5-2-6-11-26/h1,3-4,8-9,18,21-24H,2,5-7,10-17,19H2/t21-,22+,23+,24?. The van der Waals surface area contributed by atoms with Crippen molar-refractivity contribution in [2.24, 2.45) is 17.8 Å². The summed E-state index contributed by atoms with van der Waals surface area (Å²) < 4.78 is 17.2. The van der Waals surface area contributed by atoms with Crippen LogP contribution in [0.5, 0.6) is 0 Å². The zero-order valence-corrected chi connectivity index (χ0v) is 18.1. The van der Waals surface area contributed by atoms with Crippen molar-refractivity contribution in [3.8, 4) is 0 Å². The van der Waals surface area contributed by atoms with Gasteiger partial charge < -0.3 is 19.1 Å². The molecule has 1 unspecified atom stereocenters. The van der Waals surface area contributed by atoms with Gasteiger partial charge in [-0.05, 0) is 62.1 Å². The van der Waals surface area contributed by atoms with Gasteiger partial charge >= 0.3 is 0 Å². The zero-order chi connectivity index (χ0) is 20.2. The number of benzene rings is 1. The van der Waals surface area contributed by atoms with E-state index in [1.165, 1.54) is 50.9 Å². The molecule has 0 N–H and O–H groups in total. The van der Waals surface area contributed by atoms with Gasteiger partial charge in [-0.25, -0.2) is 0 Å². The Hall–Kier alpha value is -1.56. The van der Waals surface area contributed by atoms with Crippen LogP contribution in [0.1, 0.15) is 31.2 Å². The number of nitrogens with zero attached hydrogens (tertiary/aromatic N) is 2. The van der Waals surface area contributed by atoms with E-state index in [9.17, 15) is 0 Å². The summed E-state index contributed by atoms with van der Waals surface area (Å²) in [6.45, 7) is 8.34. The number of fused-ring (bicyclic) bond motifs is 1. The largest absolute Gasteiger partial charge is 0.462 e. The van der Waals surface area contributed by atoms with E-state index in [-0.39, 0.29) is 6.04 Å². The molecule has 0 radical (unpaired) electrons. The van der Waals surface area contributed by atoms with Crippen molar-refractivity contribution in [2.75, 3.05) is 52.7 Å². The molecular weight excluding hydrogens is 376 g/mol. The first-order valence-electron chi connectivity index (χ1n) is 11.9. The number of hydrogen-bond donors (Lipinski definition) is 0. The first-order valence-corrected chi connectivity index (χ1v) is 11.9. The Balaban J connectivity index is 1.05. The average molecular weight is 413 g/mol. The molecule has 4 atom stereocenters. The van der Waals surface area contributed by atoms with Crippen LogP contribution >= 0.6 is 0 Å². The van der Waals surface area contributed by atoms with Crippen molar-refractivity contribution < 1.29 is 14.2 Å². The Morgan fingerprint density at radius 3 is 2.57 bits per heavy atom. The van der Waals surface area contributed by atoms with Crippen LogP contribution in [0.25, 0.3) is 0 Å². The lowest BCUT2D eigenvalue weighted by molar-refractivity contribution is 0.0574. The van der Waals surface area contributed by atoms with Crippen molar-refractivity contribution in [3.63, 3.8) is 0 Å². The molecule has 2 saturated heterocycles. The summed E-state index contributed by atoms with van der Waals surface area (Å²) in [5.74, 6) is 3.36. The maximum atomic E-state index is 6.07. The third-order valence-corrected chi connectivity index (χ3v) is 7.46. The second-order valence-corrected chi connectivity index (χ2v) is 9.43. The Bertz CT molecular complexity index is 692. The summed E-state index contributed by atoms with van der Waals surface area (Å²) >= 11 is 0. The second kappa shape index (κ2) is 9.71. The minimum Gasteiger partial charge on any atom is -0.462 e. The van der Waals surface area contributed by atoms with Crippen molar-refractivity contribution in [2.45, 2.75) is 38.1 Å². The van der Waals surface area contributed by atoms with Gasteiger partial charge in [0.05, 0.1) is 12.6 Å². The molecule has 5 rings (SSSR count). The minimum absolute atomic E-state index is 0.286. The molecule has 3 heterocycles. The van der Waals surface area contributed by atoms with Crippen molar-refractivity contribution in [3.05, 3.63) is 47.9 Å². The molecule has 3 aliphatic heterocycles. The Morgan fingerprint density at radius 2 is 1.83 bits per heavy atom. The highest BCUT2D eigenvalue weighted by Gasteiger charge is 2.56. The van der Waals surface area contributed by atoms with Gasteiger partial charge in [0.15, 0.2) is 5.76 Å². The Kier molecular flexibility index (Phi) is 6.59. The summed E-state index contributed by atoms with van der Waals surface area (Å²) in [6, 6.07) is 11.0. The van der Waals surface area contributed by atoms with Gasteiger partial charge in [-0.2, -0.15) is 0 Å². The van der Waals surface area contributed by atoms with E-state index in [0.717, 1.165) is 56.2 Å². The van der Waals surface area contributed by atoms with Gasteiger partial charge in [0, 0.05) is 26.2 Å². The van der Waals surface area contributed by atoms with Crippen molar-refractivity contribution in [1.82, 2.24) is 9.80 Å². The molecule has 1 aromatic rings. The number of likely N-dealkylation sites (tertiary alicyclic amines) is 2. The van der Waals surface area contributed by atoms with Crippen LogP contribution in [0.3, 0.4) is 0 Å². The van der Waals surface area contributed by atoms with Crippen LogP contribution < -0.4 is 0 Å². The SMILES string of the molecule is C1=C(C(Cc2ccccc2)N2C[C@@H]3[C@@H](COCCCN4CCCCC4)[C@@H]3C2)OCO1. The number of rotatable bonds is 10. The molecule has 1 saturated carbocycles. The predicted molar refractivity (Wildman–Crippen MR) is 117 cm³/mol. The van der Waals surface area contributed by atoms with E-state index in [2.05, 4.69) is 40.1 Å². The topological polar surface area (TPSA) is 34.2 Å². The first-order chi connectivity index (χ1) is 14.9. The second-order valence-electron chi connectivity index (χ2n) is 9.43. The molecule has 0 spiro atoms.